The minimum absolute atomic E-state index is 0.0349. The van der Waals surface area contributed by atoms with E-state index < -0.39 is 0 Å². The van der Waals surface area contributed by atoms with Crippen LogP contribution in [0.2, 0.25) is 5.02 Å². The van der Waals surface area contributed by atoms with Crippen LogP contribution in [0, 0.1) is 5.92 Å². The van der Waals surface area contributed by atoms with E-state index in [-0.39, 0.29) is 24.0 Å². The van der Waals surface area contributed by atoms with E-state index in [2.05, 4.69) is 15.3 Å². The number of nitrogens with zero attached hydrogens (tertiary/aromatic N) is 2. The van der Waals surface area contributed by atoms with Gasteiger partial charge >= 0.3 is 0 Å². The first kappa shape index (κ1) is 15.9. The molecule has 0 spiro atoms. The van der Waals surface area contributed by atoms with E-state index in [0.717, 1.165) is 5.56 Å². The van der Waals surface area contributed by atoms with E-state index >= 15 is 0 Å². The summed E-state index contributed by atoms with van der Waals surface area (Å²) in [4.78, 5) is 20.4. The van der Waals surface area contributed by atoms with E-state index in [1.807, 2.05) is 12.1 Å². The fourth-order valence-corrected chi connectivity index (χ4v) is 3.03. The zero-order valence-corrected chi connectivity index (χ0v) is 13.3. The second-order valence-electron chi connectivity index (χ2n) is 5.92. The highest BCUT2D eigenvalue weighted by molar-refractivity contribution is 6.30. The van der Waals surface area contributed by atoms with Crippen molar-refractivity contribution in [3.8, 4) is 0 Å². The molecule has 120 valence electrons. The van der Waals surface area contributed by atoms with Gasteiger partial charge in [-0.1, -0.05) is 11.6 Å². The van der Waals surface area contributed by atoms with Crippen molar-refractivity contribution in [2.24, 2.45) is 5.92 Å². The van der Waals surface area contributed by atoms with Gasteiger partial charge in [0, 0.05) is 30.8 Å². The Bertz CT molecular complexity index is 675. The number of nitrogens with one attached hydrogen (secondary N) is 1. The Kier molecular flexibility index (Phi) is 4.88. The predicted octanol–water partition coefficient (Wildman–Crippen LogP) is 2.24. The number of halogens is 1. The Morgan fingerprint density at radius 1 is 1.30 bits per heavy atom. The van der Waals surface area contributed by atoms with Crippen LogP contribution in [0.25, 0.3) is 0 Å². The molecular weight excluding hydrogens is 314 g/mol. The Labute approximate surface area is 139 Å². The first-order valence-corrected chi connectivity index (χ1v) is 7.98. The molecule has 3 rings (SSSR count). The molecule has 2 heterocycles. The maximum atomic E-state index is 12.4. The molecule has 0 radical (unpaired) electrons. The molecule has 5 nitrogen and oxygen atoms in total. The van der Waals surface area contributed by atoms with E-state index in [0.29, 0.717) is 29.8 Å². The summed E-state index contributed by atoms with van der Waals surface area (Å²) in [5, 5.41) is 13.1. The summed E-state index contributed by atoms with van der Waals surface area (Å²) in [6.45, 7) is 0. The number of rotatable bonds is 5. The van der Waals surface area contributed by atoms with Crippen LogP contribution >= 0.6 is 11.6 Å². The Morgan fingerprint density at radius 3 is 2.70 bits per heavy atom. The maximum Gasteiger partial charge on any atom is 0.253 e. The lowest BCUT2D eigenvalue weighted by molar-refractivity contribution is 0.0239. The van der Waals surface area contributed by atoms with Gasteiger partial charge in [0.05, 0.1) is 16.7 Å². The highest BCUT2D eigenvalue weighted by atomic mass is 35.5. The fraction of sp³-hybridized carbons (Fsp3) is 0.353. The Morgan fingerprint density at radius 2 is 2.04 bits per heavy atom. The molecule has 1 aliphatic carbocycles. The minimum atomic E-state index is -0.260. The predicted molar refractivity (Wildman–Crippen MR) is 87.2 cm³/mol. The largest absolute Gasteiger partial charge is 0.393 e. The van der Waals surface area contributed by atoms with Crippen molar-refractivity contribution in [2.75, 3.05) is 0 Å². The average Bonchev–Trinajstić information content (AvgIpc) is 2.52. The molecule has 1 saturated carbocycles. The van der Waals surface area contributed by atoms with Crippen molar-refractivity contribution in [2.45, 2.75) is 31.4 Å². The number of hydrogen-bond acceptors (Lipinski definition) is 4. The quantitative estimate of drug-likeness (QED) is 0.881. The zero-order valence-electron chi connectivity index (χ0n) is 12.5. The molecule has 0 bridgehead atoms. The summed E-state index contributed by atoms with van der Waals surface area (Å²) in [6.07, 6.45) is 8.35. The third kappa shape index (κ3) is 4.06. The molecule has 6 heteroatoms. The third-order valence-corrected chi connectivity index (χ3v) is 4.41. The number of aromatic nitrogens is 2. The summed E-state index contributed by atoms with van der Waals surface area (Å²) in [5.74, 6) is 0.0784. The number of amides is 1. The number of carbonyl (C=O) groups is 1. The van der Waals surface area contributed by atoms with Crippen LogP contribution in [0.3, 0.4) is 0 Å². The summed E-state index contributed by atoms with van der Waals surface area (Å²) in [5.41, 5.74) is 1.55. The van der Waals surface area contributed by atoms with Gasteiger partial charge in [0.2, 0.25) is 0 Å². The van der Waals surface area contributed by atoms with Crippen LogP contribution in [0.15, 0.2) is 43.0 Å². The lowest BCUT2D eigenvalue weighted by Gasteiger charge is -2.38. The number of carbonyl (C=O) groups excluding carboxylic acids is 1. The molecule has 2 aromatic heterocycles. The second kappa shape index (κ2) is 7.06. The van der Waals surface area contributed by atoms with Gasteiger partial charge in [0.1, 0.15) is 0 Å². The second-order valence-corrected chi connectivity index (χ2v) is 6.35. The van der Waals surface area contributed by atoms with Gasteiger partial charge in [-0.3, -0.25) is 14.8 Å². The highest BCUT2D eigenvalue weighted by Crippen LogP contribution is 2.31. The molecule has 2 N–H and O–H groups in total. The van der Waals surface area contributed by atoms with Crippen LogP contribution in [-0.2, 0) is 6.42 Å². The SMILES string of the molecule is O=C(N[C@@H](Cc1ccncc1)C1CC(O)C1)c1cncc(Cl)c1. The van der Waals surface area contributed by atoms with Gasteiger partial charge < -0.3 is 10.4 Å². The van der Waals surface area contributed by atoms with Crippen molar-refractivity contribution in [3.63, 3.8) is 0 Å². The van der Waals surface area contributed by atoms with E-state index in [9.17, 15) is 9.90 Å². The molecule has 0 unspecified atom stereocenters. The van der Waals surface area contributed by atoms with Gasteiger partial charge in [-0.25, -0.2) is 0 Å². The van der Waals surface area contributed by atoms with Crippen LogP contribution in [-0.4, -0.2) is 33.1 Å². The maximum absolute atomic E-state index is 12.4. The van der Waals surface area contributed by atoms with E-state index in [1.165, 1.54) is 12.4 Å². The summed E-state index contributed by atoms with van der Waals surface area (Å²) >= 11 is 5.89. The average molecular weight is 332 g/mol. The molecule has 1 amide bonds. The minimum Gasteiger partial charge on any atom is -0.393 e. The Balaban J connectivity index is 1.72. The van der Waals surface area contributed by atoms with Crippen LogP contribution < -0.4 is 5.32 Å². The van der Waals surface area contributed by atoms with Gasteiger partial charge in [0.15, 0.2) is 0 Å². The number of hydrogen-bond donors (Lipinski definition) is 2. The normalized spacial score (nSPS) is 21.3. The molecule has 0 aliphatic heterocycles. The smallest absolute Gasteiger partial charge is 0.253 e. The lowest BCUT2D eigenvalue weighted by atomic mass is 9.75. The number of aliphatic hydroxyl groups excluding tert-OH is 1. The van der Waals surface area contributed by atoms with Gasteiger partial charge in [-0.15, -0.1) is 0 Å². The van der Waals surface area contributed by atoms with E-state index in [1.54, 1.807) is 18.5 Å². The molecular formula is C17H18ClN3O2. The van der Waals surface area contributed by atoms with Crippen LogP contribution in [0.4, 0.5) is 0 Å². The first-order valence-electron chi connectivity index (χ1n) is 7.60. The summed E-state index contributed by atoms with van der Waals surface area (Å²) in [7, 11) is 0. The molecule has 0 aromatic carbocycles. The lowest BCUT2D eigenvalue weighted by Crippen LogP contribution is -2.48. The van der Waals surface area contributed by atoms with Crippen molar-refractivity contribution in [1.82, 2.24) is 15.3 Å². The molecule has 23 heavy (non-hydrogen) atoms. The van der Waals surface area contributed by atoms with Crippen molar-refractivity contribution >= 4 is 17.5 Å². The number of pyridine rings is 2. The monoisotopic (exact) mass is 331 g/mol. The fourth-order valence-electron chi connectivity index (χ4n) is 2.85. The van der Waals surface area contributed by atoms with Gasteiger partial charge in [-0.05, 0) is 48.9 Å². The van der Waals surface area contributed by atoms with E-state index in [4.69, 9.17) is 11.6 Å². The summed E-state index contributed by atoms with van der Waals surface area (Å²) in [6, 6.07) is 5.44. The topological polar surface area (TPSA) is 75.1 Å². The third-order valence-electron chi connectivity index (χ3n) is 4.21. The molecule has 1 fully saturated rings. The molecule has 1 atom stereocenters. The van der Waals surface area contributed by atoms with Crippen LogP contribution in [0.1, 0.15) is 28.8 Å². The Hall–Kier alpha value is -1.98. The van der Waals surface area contributed by atoms with Crippen LogP contribution in [0.5, 0.6) is 0 Å². The zero-order chi connectivity index (χ0) is 16.2. The highest BCUT2D eigenvalue weighted by Gasteiger charge is 2.34. The number of aliphatic hydroxyl groups is 1. The molecule has 2 aromatic rings. The molecule has 1 aliphatic rings. The first-order chi connectivity index (χ1) is 11.1. The van der Waals surface area contributed by atoms with Crippen molar-refractivity contribution in [3.05, 3.63) is 59.1 Å². The summed E-state index contributed by atoms with van der Waals surface area (Å²) < 4.78 is 0. The standard InChI is InChI=1S/C17H18ClN3O2/c18-14-6-13(9-20-10-14)17(23)21-16(12-7-15(22)8-12)5-11-1-3-19-4-2-11/h1-4,6,9-10,12,15-16,22H,5,7-8H2,(H,21,23)/t12?,15?,16-/m0/s1. The van der Waals surface area contributed by atoms with Crippen molar-refractivity contribution < 1.29 is 9.90 Å². The van der Waals surface area contributed by atoms with Crippen molar-refractivity contribution in [1.29, 1.82) is 0 Å². The molecule has 0 saturated heterocycles. The van der Waals surface area contributed by atoms with Gasteiger partial charge in [0.25, 0.3) is 5.91 Å². The van der Waals surface area contributed by atoms with Gasteiger partial charge in [-0.2, -0.15) is 0 Å².